The van der Waals surface area contributed by atoms with Crippen LogP contribution in [0.25, 0.3) is 0 Å². The zero-order valence-corrected chi connectivity index (χ0v) is 12.3. The lowest BCUT2D eigenvalue weighted by molar-refractivity contribution is -0.119. The van der Waals surface area contributed by atoms with Crippen LogP contribution in [-0.2, 0) is 19.6 Å². The Morgan fingerprint density at radius 3 is 2.65 bits per heavy atom. The molecule has 2 rings (SSSR count). The van der Waals surface area contributed by atoms with Crippen molar-refractivity contribution in [3.63, 3.8) is 0 Å². The highest BCUT2D eigenvalue weighted by atomic mass is 32.2. The van der Waals surface area contributed by atoms with Crippen molar-refractivity contribution in [1.82, 2.24) is 0 Å². The van der Waals surface area contributed by atoms with Gasteiger partial charge in [0.2, 0.25) is 15.9 Å². The van der Waals surface area contributed by atoms with Gasteiger partial charge in [0.15, 0.2) is 0 Å². The Hall–Kier alpha value is -1.44. The highest BCUT2D eigenvalue weighted by molar-refractivity contribution is 7.89. The van der Waals surface area contributed by atoms with E-state index < -0.39 is 10.0 Å². The number of aryl methyl sites for hydroxylation is 1. The van der Waals surface area contributed by atoms with Gasteiger partial charge < -0.3 is 10.1 Å². The van der Waals surface area contributed by atoms with Crippen LogP contribution >= 0.6 is 0 Å². The first-order valence-electron chi connectivity index (χ1n) is 6.31. The molecule has 1 aliphatic rings. The third-order valence-electron chi connectivity index (χ3n) is 3.53. The van der Waals surface area contributed by atoms with Gasteiger partial charge in [0.05, 0.1) is 17.4 Å². The Morgan fingerprint density at radius 2 is 2.10 bits per heavy atom. The molecule has 7 heteroatoms. The minimum absolute atomic E-state index is 0.00132. The maximum atomic E-state index is 12.1. The third kappa shape index (κ3) is 3.17. The zero-order valence-electron chi connectivity index (χ0n) is 11.5. The van der Waals surface area contributed by atoms with E-state index in [1.807, 2.05) is 6.92 Å². The number of benzene rings is 1. The van der Waals surface area contributed by atoms with Crippen molar-refractivity contribution in [2.24, 2.45) is 11.1 Å². The molecule has 1 fully saturated rings. The largest absolute Gasteiger partial charge is 0.381 e. The average Bonchev–Trinajstić information content (AvgIpc) is 2.87. The van der Waals surface area contributed by atoms with Gasteiger partial charge in [0.25, 0.3) is 0 Å². The zero-order chi connectivity index (χ0) is 14.9. The molecule has 1 aromatic carbocycles. The molecule has 1 heterocycles. The normalized spacial score (nSPS) is 19.1. The number of rotatable bonds is 3. The number of anilines is 1. The number of hydrogen-bond acceptors (Lipinski definition) is 4. The molecule has 0 bridgehead atoms. The Bertz CT molecular complexity index is 634. The quantitative estimate of drug-likeness (QED) is 0.867. The number of sulfonamides is 1. The van der Waals surface area contributed by atoms with E-state index >= 15 is 0 Å². The lowest BCUT2D eigenvalue weighted by Crippen LogP contribution is -2.24. The molecule has 1 unspecified atom stereocenters. The average molecular weight is 298 g/mol. The van der Waals surface area contributed by atoms with E-state index in [-0.39, 0.29) is 16.7 Å². The van der Waals surface area contributed by atoms with Crippen molar-refractivity contribution >= 4 is 21.6 Å². The number of nitrogens with one attached hydrogen (secondary N) is 1. The molecule has 110 valence electrons. The first-order valence-corrected chi connectivity index (χ1v) is 7.86. The van der Waals surface area contributed by atoms with Gasteiger partial charge in [-0.05, 0) is 43.5 Å². The van der Waals surface area contributed by atoms with E-state index in [9.17, 15) is 13.2 Å². The summed E-state index contributed by atoms with van der Waals surface area (Å²) in [5.74, 6) is -0.343. The van der Waals surface area contributed by atoms with Crippen molar-refractivity contribution in [3.8, 4) is 0 Å². The van der Waals surface area contributed by atoms with Crippen LogP contribution < -0.4 is 10.5 Å². The summed E-state index contributed by atoms with van der Waals surface area (Å²) in [6, 6.07) is 2.89. The molecule has 1 atom stereocenters. The van der Waals surface area contributed by atoms with E-state index in [0.29, 0.717) is 25.3 Å². The van der Waals surface area contributed by atoms with Crippen molar-refractivity contribution in [1.29, 1.82) is 0 Å². The molecule has 0 spiro atoms. The molecule has 1 aromatic rings. The van der Waals surface area contributed by atoms with Gasteiger partial charge in [-0.2, -0.15) is 0 Å². The summed E-state index contributed by atoms with van der Waals surface area (Å²) in [7, 11) is -3.80. The van der Waals surface area contributed by atoms with Gasteiger partial charge >= 0.3 is 0 Å². The van der Waals surface area contributed by atoms with E-state index in [1.54, 1.807) is 6.92 Å². The fourth-order valence-corrected chi connectivity index (χ4v) is 2.72. The fourth-order valence-electron chi connectivity index (χ4n) is 2.10. The Morgan fingerprint density at radius 1 is 1.40 bits per heavy atom. The van der Waals surface area contributed by atoms with Crippen molar-refractivity contribution in [3.05, 3.63) is 23.3 Å². The number of hydrogen-bond donors (Lipinski definition) is 2. The molecule has 0 saturated carbocycles. The number of carbonyl (C=O) groups excluding carboxylic acids is 1. The van der Waals surface area contributed by atoms with Crippen LogP contribution in [-0.4, -0.2) is 27.5 Å². The minimum Gasteiger partial charge on any atom is -0.381 e. The second kappa shape index (κ2) is 5.51. The summed E-state index contributed by atoms with van der Waals surface area (Å²) in [6.45, 7) is 4.58. The Balaban J connectivity index is 2.31. The molecule has 1 aliphatic heterocycles. The van der Waals surface area contributed by atoms with Gasteiger partial charge in [0, 0.05) is 12.3 Å². The van der Waals surface area contributed by atoms with E-state index in [0.717, 1.165) is 11.1 Å². The maximum absolute atomic E-state index is 12.1. The SMILES string of the molecule is Cc1cc(S(N)(=O)=O)cc(NC(=O)C2CCOC2)c1C. The molecule has 1 amide bonds. The predicted octanol–water partition coefficient (Wildman–Crippen LogP) is 0.926. The highest BCUT2D eigenvalue weighted by Gasteiger charge is 2.24. The van der Waals surface area contributed by atoms with E-state index in [1.165, 1.54) is 12.1 Å². The number of nitrogens with two attached hydrogens (primary N) is 1. The van der Waals surface area contributed by atoms with Crippen LogP contribution in [0.3, 0.4) is 0 Å². The second-order valence-corrected chi connectivity index (χ2v) is 6.57. The Labute approximate surface area is 118 Å². The van der Waals surface area contributed by atoms with Crippen LogP contribution in [0.1, 0.15) is 17.5 Å². The summed E-state index contributed by atoms with van der Waals surface area (Å²) >= 11 is 0. The number of ether oxygens (including phenoxy) is 1. The first-order chi connectivity index (χ1) is 9.29. The van der Waals surface area contributed by atoms with Crippen LogP contribution in [0, 0.1) is 19.8 Å². The molecule has 3 N–H and O–H groups in total. The third-order valence-corrected chi connectivity index (χ3v) is 4.42. The van der Waals surface area contributed by atoms with Gasteiger partial charge in [0.1, 0.15) is 0 Å². The van der Waals surface area contributed by atoms with Crippen molar-refractivity contribution < 1.29 is 17.9 Å². The van der Waals surface area contributed by atoms with E-state index in [4.69, 9.17) is 9.88 Å². The fraction of sp³-hybridized carbons (Fsp3) is 0.462. The molecule has 0 aromatic heterocycles. The summed E-state index contributed by atoms with van der Waals surface area (Å²) in [6.07, 6.45) is 0.679. The minimum atomic E-state index is -3.80. The highest BCUT2D eigenvalue weighted by Crippen LogP contribution is 2.25. The standard InChI is InChI=1S/C13H18N2O4S/c1-8-5-11(20(14,17)18)6-12(9(8)2)15-13(16)10-3-4-19-7-10/h5-6,10H,3-4,7H2,1-2H3,(H,15,16)(H2,14,17,18). The topological polar surface area (TPSA) is 98.5 Å². The summed E-state index contributed by atoms with van der Waals surface area (Å²) in [5.41, 5.74) is 2.06. The molecular formula is C13H18N2O4S. The molecule has 0 radical (unpaired) electrons. The molecule has 6 nitrogen and oxygen atoms in total. The molecule has 20 heavy (non-hydrogen) atoms. The van der Waals surface area contributed by atoms with Gasteiger partial charge in [-0.15, -0.1) is 0 Å². The lowest BCUT2D eigenvalue weighted by atomic mass is 10.1. The number of carbonyl (C=O) groups is 1. The van der Waals surface area contributed by atoms with Gasteiger partial charge in [-0.1, -0.05) is 0 Å². The van der Waals surface area contributed by atoms with Crippen LogP contribution in [0.4, 0.5) is 5.69 Å². The molecule has 0 aliphatic carbocycles. The second-order valence-electron chi connectivity index (χ2n) is 5.01. The Kier molecular flexibility index (Phi) is 4.12. The van der Waals surface area contributed by atoms with Crippen molar-refractivity contribution in [2.75, 3.05) is 18.5 Å². The van der Waals surface area contributed by atoms with Gasteiger partial charge in [-0.25, -0.2) is 13.6 Å². The number of amides is 1. The van der Waals surface area contributed by atoms with Crippen LogP contribution in [0.5, 0.6) is 0 Å². The predicted molar refractivity (Wildman–Crippen MR) is 74.8 cm³/mol. The number of primary sulfonamides is 1. The summed E-state index contributed by atoms with van der Waals surface area (Å²) < 4.78 is 28.0. The van der Waals surface area contributed by atoms with E-state index in [2.05, 4.69) is 5.32 Å². The van der Waals surface area contributed by atoms with Gasteiger partial charge in [-0.3, -0.25) is 4.79 Å². The summed E-state index contributed by atoms with van der Waals surface area (Å²) in [5, 5.41) is 7.90. The maximum Gasteiger partial charge on any atom is 0.238 e. The monoisotopic (exact) mass is 298 g/mol. The first kappa shape index (κ1) is 15.0. The molecular weight excluding hydrogens is 280 g/mol. The molecule has 1 saturated heterocycles. The lowest BCUT2D eigenvalue weighted by Gasteiger charge is -2.14. The summed E-state index contributed by atoms with van der Waals surface area (Å²) in [4.78, 5) is 12.1. The van der Waals surface area contributed by atoms with Crippen LogP contribution in [0.15, 0.2) is 17.0 Å². The smallest absolute Gasteiger partial charge is 0.238 e. The van der Waals surface area contributed by atoms with Crippen molar-refractivity contribution in [2.45, 2.75) is 25.2 Å². The van der Waals surface area contributed by atoms with Crippen LogP contribution in [0.2, 0.25) is 0 Å².